The molecule has 1 aromatic carbocycles. The molecule has 2 aromatic rings. The van der Waals surface area contributed by atoms with Crippen LogP contribution in [0.25, 0.3) is 0 Å². The molecule has 2 rings (SSSR count). The smallest absolute Gasteiger partial charge is 0.453 e. The molecule has 0 aliphatic carbocycles. The van der Waals surface area contributed by atoms with Gasteiger partial charge in [-0.3, -0.25) is 0 Å². The first kappa shape index (κ1) is 17.8. The number of aromatic amines is 1. The number of ether oxygens (including phenoxy) is 3. The highest BCUT2D eigenvalue weighted by Gasteiger charge is 2.37. The van der Waals surface area contributed by atoms with Crippen LogP contribution in [0.15, 0.2) is 17.2 Å². The van der Waals surface area contributed by atoms with Gasteiger partial charge in [-0.15, -0.1) is 5.10 Å². The average molecular weight is 362 g/mol. The lowest BCUT2D eigenvalue weighted by Crippen LogP contribution is -2.12. The van der Waals surface area contributed by atoms with Crippen molar-refractivity contribution >= 4 is 18.4 Å². The largest absolute Gasteiger partial charge is 0.493 e. The fourth-order valence-electron chi connectivity index (χ4n) is 1.88. The molecule has 130 valence electrons. The summed E-state index contributed by atoms with van der Waals surface area (Å²) in [5, 5.41) is 8.92. The van der Waals surface area contributed by atoms with Crippen molar-refractivity contribution in [3.63, 3.8) is 0 Å². The second kappa shape index (κ2) is 6.91. The van der Waals surface area contributed by atoms with Crippen LogP contribution in [-0.4, -0.2) is 42.4 Å². The Kier molecular flexibility index (Phi) is 5.12. The zero-order valence-electron chi connectivity index (χ0n) is 12.8. The summed E-state index contributed by atoms with van der Waals surface area (Å²) < 4.78 is 54.2. The van der Waals surface area contributed by atoms with Gasteiger partial charge >= 0.3 is 6.18 Å². The summed E-state index contributed by atoms with van der Waals surface area (Å²) in [5.74, 6) is -0.223. The van der Waals surface area contributed by atoms with Gasteiger partial charge in [-0.05, 0) is 24.4 Å². The lowest BCUT2D eigenvalue weighted by Gasteiger charge is -2.12. The van der Waals surface area contributed by atoms with E-state index in [4.69, 9.17) is 26.4 Å². The van der Waals surface area contributed by atoms with Gasteiger partial charge < -0.3 is 14.2 Å². The molecule has 0 unspecified atom stereocenters. The molecule has 7 nitrogen and oxygen atoms in total. The van der Waals surface area contributed by atoms with Crippen LogP contribution in [0.5, 0.6) is 17.2 Å². The summed E-state index contributed by atoms with van der Waals surface area (Å²) in [6, 6.07) is 3.06. The number of halogens is 3. The molecule has 0 aliphatic heterocycles. The predicted octanol–water partition coefficient (Wildman–Crippen LogP) is 2.87. The van der Waals surface area contributed by atoms with Gasteiger partial charge in [-0.25, -0.2) is 5.10 Å². The molecular weight excluding hydrogens is 349 g/mol. The Hall–Kier alpha value is -2.56. The highest BCUT2D eigenvalue weighted by molar-refractivity contribution is 7.71. The topological polar surface area (TPSA) is 73.7 Å². The van der Waals surface area contributed by atoms with Gasteiger partial charge in [0, 0.05) is 5.56 Å². The molecule has 11 heteroatoms. The van der Waals surface area contributed by atoms with Crippen LogP contribution in [0.4, 0.5) is 13.2 Å². The van der Waals surface area contributed by atoms with E-state index in [9.17, 15) is 13.2 Å². The van der Waals surface area contributed by atoms with Crippen LogP contribution in [0.2, 0.25) is 0 Å². The minimum atomic E-state index is -4.69. The maximum Gasteiger partial charge on any atom is 0.453 e. The van der Waals surface area contributed by atoms with E-state index in [0.717, 1.165) is 0 Å². The zero-order chi connectivity index (χ0) is 17.9. The standard InChI is InChI=1S/C13H13F3N4O3S/c1-21-8-4-7(5-9(22-2)10(8)23-3)6-17-20-11(13(14,15)16)18-19-12(20)24/h4-6H,1-3H3,(H,19,24)/b17-6+. The quantitative estimate of drug-likeness (QED) is 0.654. The van der Waals surface area contributed by atoms with Crippen molar-refractivity contribution in [3.8, 4) is 17.2 Å². The second-order valence-electron chi connectivity index (χ2n) is 4.37. The normalized spacial score (nSPS) is 11.8. The highest BCUT2D eigenvalue weighted by atomic mass is 32.1. The van der Waals surface area contributed by atoms with Gasteiger partial charge in [0.05, 0.1) is 27.5 Å². The van der Waals surface area contributed by atoms with Crippen LogP contribution in [0.3, 0.4) is 0 Å². The Morgan fingerprint density at radius 1 is 1.17 bits per heavy atom. The molecule has 1 aromatic heterocycles. The third kappa shape index (κ3) is 3.50. The number of alkyl halides is 3. The van der Waals surface area contributed by atoms with Crippen molar-refractivity contribution in [3.05, 3.63) is 28.3 Å². The van der Waals surface area contributed by atoms with Crippen LogP contribution in [0.1, 0.15) is 11.4 Å². The van der Waals surface area contributed by atoms with Crippen molar-refractivity contribution in [2.75, 3.05) is 21.3 Å². The van der Waals surface area contributed by atoms with Crippen molar-refractivity contribution < 1.29 is 27.4 Å². The third-order valence-electron chi connectivity index (χ3n) is 2.91. The van der Waals surface area contributed by atoms with Gasteiger partial charge in [0.2, 0.25) is 10.5 Å². The monoisotopic (exact) mass is 362 g/mol. The molecule has 0 atom stereocenters. The fraction of sp³-hybridized carbons (Fsp3) is 0.308. The van der Waals surface area contributed by atoms with E-state index in [1.54, 1.807) is 0 Å². The van der Waals surface area contributed by atoms with Gasteiger partial charge in [0.25, 0.3) is 5.82 Å². The zero-order valence-corrected chi connectivity index (χ0v) is 13.7. The van der Waals surface area contributed by atoms with Gasteiger partial charge in [-0.2, -0.15) is 22.9 Å². The number of nitrogens with one attached hydrogen (secondary N) is 1. The summed E-state index contributed by atoms with van der Waals surface area (Å²) in [4.78, 5) is 0. The van der Waals surface area contributed by atoms with E-state index >= 15 is 0 Å². The maximum absolute atomic E-state index is 12.8. The first-order valence-corrected chi connectivity index (χ1v) is 6.81. The molecule has 1 N–H and O–H groups in total. The fourth-order valence-corrected chi connectivity index (χ4v) is 2.06. The maximum atomic E-state index is 12.8. The lowest BCUT2D eigenvalue weighted by atomic mass is 10.2. The molecule has 0 bridgehead atoms. The van der Waals surface area contributed by atoms with E-state index in [-0.39, 0.29) is 4.77 Å². The number of aromatic nitrogens is 3. The second-order valence-corrected chi connectivity index (χ2v) is 4.75. The molecule has 0 fully saturated rings. The summed E-state index contributed by atoms with van der Waals surface area (Å²) in [6.45, 7) is 0. The Bertz CT molecular complexity index is 789. The lowest BCUT2D eigenvalue weighted by molar-refractivity contribution is -0.147. The van der Waals surface area contributed by atoms with Crippen molar-refractivity contribution in [1.82, 2.24) is 14.9 Å². The average Bonchev–Trinajstić information content (AvgIpc) is 2.92. The van der Waals surface area contributed by atoms with Crippen LogP contribution >= 0.6 is 12.2 Å². The van der Waals surface area contributed by atoms with Crippen molar-refractivity contribution in [1.29, 1.82) is 0 Å². The summed E-state index contributed by atoms with van der Waals surface area (Å²) in [7, 11) is 4.28. The number of hydrogen-bond acceptors (Lipinski definition) is 6. The molecule has 0 saturated carbocycles. The first-order valence-electron chi connectivity index (χ1n) is 6.40. The van der Waals surface area contributed by atoms with Crippen LogP contribution in [-0.2, 0) is 6.18 Å². The van der Waals surface area contributed by atoms with E-state index < -0.39 is 12.0 Å². The highest BCUT2D eigenvalue weighted by Crippen LogP contribution is 2.37. The Morgan fingerprint density at radius 3 is 2.21 bits per heavy atom. The summed E-state index contributed by atoms with van der Waals surface area (Å²) in [5.41, 5.74) is 0.417. The van der Waals surface area contributed by atoms with E-state index in [0.29, 0.717) is 27.5 Å². The number of benzene rings is 1. The first-order chi connectivity index (χ1) is 11.3. The minimum Gasteiger partial charge on any atom is -0.493 e. The van der Waals surface area contributed by atoms with E-state index in [1.807, 2.05) is 0 Å². The SMILES string of the molecule is COc1cc(/C=N/n2c(C(F)(F)F)n[nH]c2=S)cc(OC)c1OC. The number of hydrogen-bond donors (Lipinski definition) is 1. The van der Waals surface area contributed by atoms with Gasteiger partial charge in [0.15, 0.2) is 11.5 Å². The van der Waals surface area contributed by atoms with E-state index in [2.05, 4.69) is 15.3 Å². The predicted molar refractivity (Wildman–Crippen MR) is 81.5 cm³/mol. The van der Waals surface area contributed by atoms with E-state index in [1.165, 1.54) is 39.7 Å². The Morgan fingerprint density at radius 2 is 1.75 bits per heavy atom. The molecule has 1 heterocycles. The molecule has 0 radical (unpaired) electrons. The molecule has 0 aliphatic rings. The van der Waals surface area contributed by atoms with Crippen molar-refractivity contribution in [2.24, 2.45) is 5.10 Å². The number of nitrogens with zero attached hydrogens (tertiary/aromatic N) is 3. The Balaban J connectivity index is 2.47. The number of H-pyrrole nitrogens is 1. The summed E-state index contributed by atoms with van der Waals surface area (Å²) in [6.07, 6.45) is -3.52. The van der Waals surface area contributed by atoms with Crippen molar-refractivity contribution in [2.45, 2.75) is 6.18 Å². The third-order valence-corrected chi connectivity index (χ3v) is 3.18. The van der Waals surface area contributed by atoms with Gasteiger partial charge in [0.1, 0.15) is 0 Å². The van der Waals surface area contributed by atoms with Crippen LogP contribution < -0.4 is 14.2 Å². The molecular formula is C13H13F3N4O3S. The van der Waals surface area contributed by atoms with Crippen LogP contribution in [0, 0.1) is 4.77 Å². The molecule has 0 amide bonds. The Labute approximate surface area is 139 Å². The molecule has 24 heavy (non-hydrogen) atoms. The molecule has 0 spiro atoms. The number of methoxy groups -OCH3 is 3. The van der Waals surface area contributed by atoms with Gasteiger partial charge in [-0.1, -0.05) is 0 Å². The minimum absolute atomic E-state index is 0.286. The molecule has 0 saturated heterocycles. The number of rotatable bonds is 5. The summed E-state index contributed by atoms with van der Waals surface area (Å²) >= 11 is 4.76.